The first-order chi connectivity index (χ1) is 6.99. The molecule has 0 amide bonds. The molecule has 6 heteroatoms. The molecule has 0 saturated carbocycles. The van der Waals surface area contributed by atoms with Crippen LogP contribution < -0.4 is 5.73 Å². The predicted molar refractivity (Wildman–Crippen MR) is 67.1 cm³/mol. The van der Waals surface area contributed by atoms with Gasteiger partial charge in [0.05, 0.1) is 6.04 Å². The van der Waals surface area contributed by atoms with Gasteiger partial charge in [0, 0.05) is 10.0 Å². The minimum Gasteiger partial charge on any atom is -0.507 e. The van der Waals surface area contributed by atoms with Crippen molar-refractivity contribution in [2.45, 2.75) is 6.04 Å². The maximum atomic E-state index is 10.8. The second kappa shape index (κ2) is 5.89. The van der Waals surface area contributed by atoms with Crippen LogP contribution in [0.4, 0.5) is 0 Å². The molecule has 0 radical (unpaired) electrons. The SMILES string of the molecule is C=C[C@@H](N)c1c(Br)ccc(C(=O)O)c1O.Cl. The third-order valence-corrected chi connectivity index (χ3v) is 2.67. The van der Waals surface area contributed by atoms with Gasteiger partial charge < -0.3 is 15.9 Å². The van der Waals surface area contributed by atoms with Crippen molar-refractivity contribution in [2.24, 2.45) is 5.73 Å². The molecule has 0 aliphatic rings. The molecule has 0 bridgehead atoms. The zero-order chi connectivity index (χ0) is 11.6. The highest BCUT2D eigenvalue weighted by atomic mass is 79.9. The van der Waals surface area contributed by atoms with Crippen LogP contribution in [0.3, 0.4) is 0 Å². The number of halogens is 2. The molecule has 1 atom stereocenters. The zero-order valence-electron chi connectivity index (χ0n) is 8.18. The predicted octanol–water partition coefficient (Wildman–Crippen LogP) is 2.46. The van der Waals surface area contributed by atoms with Crippen LogP contribution in [0.25, 0.3) is 0 Å². The number of carboxylic acid groups (broad SMARTS) is 1. The molecule has 0 aliphatic carbocycles. The van der Waals surface area contributed by atoms with Crippen LogP contribution in [0.15, 0.2) is 29.3 Å². The van der Waals surface area contributed by atoms with Crippen LogP contribution in [0.2, 0.25) is 0 Å². The van der Waals surface area contributed by atoms with Gasteiger partial charge in [0.1, 0.15) is 11.3 Å². The van der Waals surface area contributed by atoms with Gasteiger partial charge in [-0.2, -0.15) is 0 Å². The van der Waals surface area contributed by atoms with Gasteiger partial charge in [0.2, 0.25) is 0 Å². The molecule has 4 N–H and O–H groups in total. The van der Waals surface area contributed by atoms with E-state index in [2.05, 4.69) is 22.5 Å². The summed E-state index contributed by atoms with van der Waals surface area (Å²) in [4.78, 5) is 10.8. The third kappa shape index (κ3) is 2.75. The van der Waals surface area contributed by atoms with Crippen molar-refractivity contribution in [3.05, 3.63) is 40.4 Å². The number of carbonyl (C=O) groups is 1. The summed E-state index contributed by atoms with van der Waals surface area (Å²) in [7, 11) is 0. The average molecular weight is 309 g/mol. The van der Waals surface area contributed by atoms with E-state index in [0.717, 1.165) is 0 Å². The first kappa shape index (κ1) is 15.0. The van der Waals surface area contributed by atoms with Gasteiger partial charge in [-0.25, -0.2) is 4.79 Å². The Morgan fingerprint density at radius 1 is 1.56 bits per heavy atom. The number of benzene rings is 1. The summed E-state index contributed by atoms with van der Waals surface area (Å²) in [6.45, 7) is 3.49. The van der Waals surface area contributed by atoms with Gasteiger partial charge in [-0.3, -0.25) is 0 Å². The second-order valence-corrected chi connectivity index (χ2v) is 3.78. The lowest BCUT2D eigenvalue weighted by Gasteiger charge is -2.13. The van der Waals surface area contributed by atoms with E-state index in [-0.39, 0.29) is 23.7 Å². The number of rotatable bonds is 3. The highest BCUT2D eigenvalue weighted by Crippen LogP contribution is 2.34. The Morgan fingerprint density at radius 3 is 2.56 bits per heavy atom. The third-order valence-electron chi connectivity index (χ3n) is 1.98. The van der Waals surface area contributed by atoms with Crippen LogP contribution in [0, 0.1) is 0 Å². The lowest BCUT2D eigenvalue weighted by molar-refractivity contribution is 0.0693. The summed E-state index contributed by atoms with van der Waals surface area (Å²) >= 11 is 3.19. The Balaban J connectivity index is 0.00000225. The lowest BCUT2D eigenvalue weighted by atomic mass is 10.0. The summed E-state index contributed by atoms with van der Waals surface area (Å²) < 4.78 is 0.553. The van der Waals surface area contributed by atoms with Crippen molar-refractivity contribution in [1.29, 1.82) is 0 Å². The molecule has 1 rings (SSSR count). The highest BCUT2D eigenvalue weighted by molar-refractivity contribution is 9.10. The van der Waals surface area contributed by atoms with Crippen molar-refractivity contribution < 1.29 is 15.0 Å². The number of nitrogens with two attached hydrogens (primary N) is 1. The summed E-state index contributed by atoms with van der Waals surface area (Å²) in [6, 6.07) is 2.22. The molecule has 16 heavy (non-hydrogen) atoms. The Morgan fingerprint density at radius 2 is 2.12 bits per heavy atom. The van der Waals surface area contributed by atoms with Crippen LogP contribution in [0.1, 0.15) is 22.0 Å². The van der Waals surface area contributed by atoms with Gasteiger partial charge in [-0.05, 0) is 12.1 Å². The first-order valence-corrected chi connectivity index (χ1v) is 4.91. The number of aromatic carboxylic acids is 1. The van der Waals surface area contributed by atoms with E-state index in [0.29, 0.717) is 10.0 Å². The van der Waals surface area contributed by atoms with Gasteiger partial charge in [-0.15, -0.1) is 19.0 Å². The largest absolute Gasteiger partial charge is 0.507 e. The van der Waals surface area contributed by atoms with Crippen LogP contribution in [0.5, 0.6) is 5.75 Å². The van der Waals surface area contributed by atoms with Crippen molar-refractivity contribution in [3.8, 4) is 5.75 Å². The van der Waals surface area contributed by atoms with Gasteiger partial charge >= 0.3 is 5.97 Å². The van der Waals surface area contributed by atoms with E-state index in [1.54, 1.807) is 0 Å². The molecular formula is C10H11BrClNO3. The molecule has 0 heterocycles. The average Bonchev–Trinajstić information content (AvgIpc) is 2.16. The smallest absolute Gasteiger partial charge is 0.339 e. The molecule has 0 spiro atoms. The molecule has 0 unspecified atom stereocenters. The lowest BCUT2D eigenvalue weighted by Crippen LogP contribution is -2.10. The van der Waals surface area contributed by atoms with Crippen LogP contribution in [-0.4, -0.2) is 16.2 Å². The van der Waals surface area contributed by atoms with Crippen LogP contribution in [-0.2, 0) is 0 Å². The monoisotopic (exact) mass is 307 g/mol. The molecule has 0 saturated heterocycles. The number of hydrogen-bond acceptors (Lipinski definition) is 3. The van der Waals surface area contributed by atoms with E-state index in [9.17, 15) is 9.90 Å². The van der Waals surface area contributed by atoms with Crippen LogP contribution >= 0.6 is 28.3 Å². The maximum Gasteiger partial charge on any atom is 0.339 e. The normalized spacial score (nSPS) is 11.4. The maximum absolute atomic E-state index is 10.8. The Labute approximate surface area is 107 Å². The van der Waals surface area contributed by atoms with E-state index < -0.39 is 12.0 Å². The molecule has 0 aliphatic heterocycles. The molecule has 4 nitrogen and oxygen atoms in total. The Hall–Kier alpha value is -1.04. The summed E-state index contributed by atoms with van der Waals surface area (Å²) in [5.41, 5.74) is 5.81. The van der Waals surface area contributed by atoms with Crippen molar-refractivity contribution in [3.63, 3.8) is 0 Å². The zero-order valence-corrected chi connectivity index (χ0v) is 10.6. The number of phenols is 1. The number of hydrogen-bond donors (Lipinski definition) is 3. The van der Waals surface area contributed by atoms with Crippen molar-refractivity contribution >= 4 is 34.3 Å². The van der Waals surface area contributed by atoms with Gasteiger partial charge in [-0.1, -0.05) is 22.0 Å². The summed E-state index contributed by atoms with van der Waals surface area (Å²) in [5, 5.41) is 18.5. The minimum absolute atomic E-state index is 0. The number of aromatic hydroxyl groups is 1. The minimum atomic E-state index is -1.20. The quantitative estimate of drug-likeness (QED) is 0.749. The van der Waals surface area contributed by atoms with E-state index in [1.165, 1.54) is 18.2 Å². The van der Waals surface area contributed by atoms with Crippen molar-refractivity contribution in [1.82, 2.24) is 0 Å². The summed E-state index contributed by atoms with van der Waals surface area (Å²) in [5.74, 6) is -1.53. The molecule has 1 aromatic rings. The molecule has 0 aromatic heterocycles. The Bertz CT molecular complexity index is 423. The first-order valence-electron chi connectivity index (χ1n) is 4.11. The second-order valence-electron chi connectivity index (χ2n) is 2.92. The van der Waals surface area contributed by atoms with Gasteiger partial charge in [0.25, 0.3) is 0 Å². The topological polar surface area (TPSA) is 83.6 Å². The fourth-order valence-corrected chi connectivity index (χ4v) is 1.78. The standard InChI is InChI=1S/C10H10BrNO3.ClH/c1-2-7(12)8-6(11)4-3-5(9(8)13)10(14)15;/h2-4,7,13H,1,12H2,(H,14,15);1H/t7-;/m1./s1. The fourth-order valence-electron chi connectivity index (χ4n) is 1.19. The van der Waals surface area contributed by atoms with Crippen molar-refractivity contribution in [2.75, 3.05) is 0 Å². The molecular weight excluding hydrogens is 297 g/mol. The van der Waals surface area contributed by atoms with E-state index in [1.807, 2.05) is 0 Å². The highest BCUT2D eigenvalue weighted by Gasteiger charge is 2.18. The number of carboxylic acids is 1. The van der Waals surface area contributed by atoms with E-state index >= 15 is 0 Å². The molecule has 0 fully saturated rings. The molecule has 88 valence electrons. The van der Waals surface area contributed by atoms with Gasteiger partial charge in [0.15, 0.2) is 0 Å². The molecule has 1 aromatic carbocycles. The summed E-state index contributed by atoms with van der Waals surface area (Å²) in [6.07, 6.45) is 1.42. The van der Waals surface area contributed by atoms with E-state index in [4.69, 9.17) is 10.8 Å². The Kier molecular flexibility index (Phi) is 5.50. The fraction of sp³-hybridized carbons (Fsp3) is 0.100.